The molecule has 4 rings (SSSR count). The first-order chi connectivity index (χ1) is 11.2. The van der Waals surface area contributed by atoms with Gasteiger partial charge in [-0.2, -0.15) is 10.1 Å². The largest absolute Gasteiger partial charge is 0.345 e. The Balaban J connectivity index is 1.79. The van der Waals surface area contributed by atoms with Gasteiger partial charge in [-0.3, -0.25) is 4.68 Å². The number of aryl methyl sites for hydroxylation is 3. The van der Waals surface area contributed by atoms with Gasteiger partial charge in [0, 0.05) is 20.0 Å². The Morgan fingerprint density at radius 2 is 2.17 bits per heavy atom. The number of aromatic nitrogens is 6. The highest BCUT2D eigenvalue weighted by Crippen LogP contribution is 2.36. The second kappa shape index (κ2) is 5.29. The van der Waals surface area contributed by atoms with E-state index in [2.05, 4.69) is 30.1 Å². The molecule has 8 heteroatoms. The van der Waals surface area contributed by atoms with Gasteiger partial charge in [0.15, 0.2) is 11.5 Å². The van der Waals surface area contributed by atoms with Gasteiger partial charge in [-0.15, -0.1) is 0 Å². The lowest BCUT2D eigenvalue weighted by Crippen LogP contribution is -2.25. The smallest absolute Gasteiger partial charge is 0.226 e. The Bertz CT molecular complexity index is 853. The van der Waals surface area contributed by atoms with E-state index in [1.54, 1.807) is 4.68 Å². The summed E-state index contributed by atoms with van der Waals surface area (Å²) in [6.45, 7) is 4.84. The average Bonchev–Trinajstić information content (AvgIpc) is 3.26. The predicted octanol–water partition coefficient (Wildman–Crippen LogP) is 1.96. The molecule has 1 unspecified atom stereocenters. The summed E-state index contributed by atoms with van der Waals surface area (Å²) >= 11 is 0. The van der Waals surface area contributed by atoms with Gasteiger partial charge in [0.05, 0.1) is 17.6 Å². The molecule has 3 aromatic rings. The normalized spacial score (nSPS) is 18.2. The van der Waals surface area contributed by atoms with E-state index in [0.717, 1.165) is 54.3 Å². The van der Waals surface area contributed by atoms with Crippen molar-refractivity contribution >= 4 is 16.9 Å². The van der Waals surface area contributed by atoms with Gasteiger partial charge >= 0.3 is 0 Å². The minimum Gasteiger partial charge on any atom is -0.345 e. The van der Waals surface area contributed by atoms with Crippen LogP contribution in [0.2, 0.25) is 0 Å². The molecule has 1 aliphatic heterocycles. The van der Waals surface area contributed by atoms with Crippen LogP contribution in [-0.2, 0) is 13.5 Å². The fraction of sp³-hybridized carbons (Fsp3) is 0.533. The summed E-state index contributed by atoms with van der Waals surface area (Å²) in [6.07, 6.45) is 4.64. The van der Waals surface area contributed by atoms with Crippen LogP contribution in [0, 0.1) is 6.92 Å². The lowest BCUT2D eigenvalue weighted by molar-refractivity contribution is 0.373. The highest BCUT2D eigenvalue weighted by atomic mass is 16.5. The number of fused-ring (bicyclic) bond motifs is 1. The molecule has 0 amide bonds. The number of nitrogens with zero attached hydrogens (tertiary/aromatic N) is 7. The highest BCUT2D eigenvalue weighted by molar-refractivity contribution is 5.87. The van der Waals surface area contributed by atoms with Crippen LogP contribution in [0.1, 0.15) is 43.3 Å². The van der Waals surface area contributed by atoms with Crippen molar-refractivity contribution in [2.45, 2.75) is 39.2 Å². The van der Waals surface area contributed by atoms with Crippen LogP contribution in [0.5, 0.6) is 0 Å². The fourth-order valence-corrected chi connectivity index (χ4v) is 3.17. The van der Waals surface area contributed by atoms with Crippen LogP contribution < -0.4 is 4.90 Å². The Labute approximate surface area is 133 Å². The van der Waals surface area contributed by atoms with Crippen LogP contribution in [0.4, 0.5) is 5.82 Å². The third kappa shape index (κ3) is 2.25. The number of anilines is 1. The molecule has 1 fully saturated rings. The number of rotatable bonds is 3. The van der Waals surface area contributed by atoms with E-state index in [-0.39, 0.29) is 6.04 Å². The molecule has 0 bridgehead atoms. The molecular formula is C15H19N7O. The maximum absolute atomic E-state index is 5.29. The molecule has 3 aromatic heterocycles. The summed E-state index contributed by atoms with van der Waals surface area (Å²) in [7, 11) is 1.90. The highest BCUT2D eigenvalue weighted by Gasteiger charge is 2.32. The molecule has 0 radical (unpaired) electrons. The van der Waals surface area contributed by atoms with Gasteiger partial charge in [0.25, 0.3) is 0 Å². The lowest BCUT2D eigenvalue weighted by atomic mass is 10.2. The van der Waals surface area contributed by atoms with Gasteiger partial charge in [-0.05, 0) is 19.8 Å². The summed E-state index contributed by atoms with van der Waals surface area (Å²) in [4.78, 5) is 15.9. The molecule has 0 saturated carbocycles. The van der Waals surface area contributed by atoms with Crippen LogP contribution in [0.25, 0.3) is 11.0 Å². The zero-order valence-corrected chi connectivity index (χ0v) is 13.5. The van der Waals surface area contributed by atoms with Crippen molar-refractivity contribution in [2.75, 3.05) is 11.4 Å². The third-order valence-corrected chi connectivity index (χ3v) is 4.29. The van der Waals surface area contributed by atoms with Crippen molar-refractivity contribution in [1.29, 1.82) is 0 Å². The van der Waals surface area contributed by atoms with E-state index >= 15 is 0 Å². The molecule has 0 N–H and O–H groups in total. The van der Waals surface area contributed by atoms with Gasteiger partial charge in [-0.25, -0.2) is 9.97 Å². The topological polar surface area (TPSA) is 85.8 Å². The molecule has 23 heavy (non-hydrogen) atoms. The van der Waals surface area contributed by atoms with Gasteiger partial charge in [0.2, 0.25) is 5.89 Å². The van der Waals surface area contributed by atoms with E-state index in [0.29, 0.717) is 5.89 Å². The van der Waals surface area contributed by atoms with E-state index in [4.69, 9.17) is 4.52 Å². The maximum Gasteiger partial charge on any atom is 0.226 e. The van der Waals surface area contributed by atoms with Crippen molar-refractivity contribution in [3.05, 3.63) is 23.7 Å². The van der Waals surface area contributed by atoms with E-state index in [1.807, 2.05) is 27.1 Å². The zero-order valence-electron chi connectivity index (χ0n) is 13.5. The van der Waals surface area contributed by atoms with E-state index in [1.165, 1.54) is 0 Å². The first-order valence-corrected chi connectivity index (χ1v) is 7.93. The lowest BCUT2D eigenvalue weighted by Gasteiger charge is -2.24. The van der Waals surface area contributed by atoms with Gasteiger partial charge in [0.1, 0.15) is 11.6 Å². The number of hydrogen-bond donors (Lipinski definition) is 0. The monoisotopic (exact) mass is 313 g/mol. The second-order valence-electron chi connectivity index (χ2n) is 5.85. The van der Waals surface area contributed by atoms with Crippen molar-refractivity contribution in [2.24, 2.45) is 7.05 Å². The zero-order chi connectivity index (χ0) is 16.0. The molecule has 4 heterocycles. The minimum atomic E-state index is 0.0942. The maximum atomic E-state index is 5.29. The van der Waals surface area contributed by atoms with Gasteiger partial charge < -0.3 is 9.42 Å². The Hall–Kier alpha value is -2.51. The second-order valence-corrected chi connectivity index (χ2v) is 5.85. The predicted molar refractivity (Wildman–Crippen MR) is 84.0 cm³/mol. The third-order valence-electron chi connectivity index (χ3n) is 4.29. The molecular weight excluding hydrogens is 294 g/mol. The van der Waals surface area contributed by atoms with Crippen molar-refractivity contribution in [3.63, 3.8) is 0 Å². The van der Waals surface area contributed by atoms with E-state index in [9.17, 15) is 0 Å². The Kier molecular flexibility index (Phi) is 3.24. The van der Waals surface area contributed by atoms with E-state index < -0.39 is 0 Å². The summed E-state index contributed by atoms with van der Waals surface area (Å²) in [5, 5.41) is 9.44. The summed E-state index contributed by atoms with van der Waals surface area (Å²) in [5.41, 5.74) is 0.848. The van der Waals surface area contributed by atoms with Crippen molar-refractivity contribution < 1.29 is 4.52 Å². The van der Waals surface area contributed by atoms with Crippen LogP contribution in [0.15, 0.2) is 10.7 Å². The van der Waals surface area contributed by atoms with Crippen molar-refractivity contribution in [3.8, 4) is 0 Å². The Morgan fingerprint density at radius 3 is 2.96 bits per heavy atom. The molecule has 1 aliphatic rings. The standard InChI is InChI=1S/C15H19N7O/c1-4-12-19-13(20-23-12)11-6-5-7-22(11)15-10-8-16-21(3)14(10)17-9(2)18-15/h8,11H,4-7H2,1-3H3. The van der Waals surface area contributed by atoms with Crippen LogP contribution in [-0.4, -0.2) is 36.4 Å². The van der Waals surface area contributed by atoms with Crippen LogP contribution in [0.3, 0.4) is 0 Å². The van der Waals surface area contributed by atoms with Crippen LogP contribution >= 0.6 is 0 Å². The molecule has 8 nitrogen and oxygen atoms in total. The van der Waals surface area contributed by atoms with Crippen molar-refractivity contribution in [1.82, 2.24) is 29.9 Å². The fourth-order valence-electron chi connectivity index (χ4n) is 3.17. The first kappa shape index (κ1) is 14.1. The first-order valence-electron chi connectivity index (χ1n) is 7.93. The molecule has 1 atom stereocenters. The Morgan fingerprint density at radius 1 is 1.30 bits per heavy atom. The molecule has 0 aliphatic carbocycles. The molecule has 120 valence electrons. The summed E-state index contributed by atoms with van der Waals surface area (Å²) < 4.78 is 7.07. The average molecular weight is 313 g/mol. The van der Waals surface area contributed by atoms with Gasteiger partial charge in [-0.1, -0.05) is 12.1 Å². The SMILES string of the molecule is CCc1nc(C2CCCN2c2nc(C)nc3c2cnn3C)no1. The molecule has 1 saturated heterocycles. The molecule has 0 spiro atoms. The summed E-state index contributed by atoms with van der Waals surface area (Å²) in [5.74, 6) is 3.07. The minimum absolute atomic E-state index is 0.0942. The number of hydrogen-bond acceptors (Lipinski definition) is 7. The summed E-state index contributed by atoms with van der Waals surface area (Å²) in [6, 6.07) is 0.0942. The molecule has 0 aromatic carbocycles. The quantitative estimate of drug-likeness (QED) is 0.730.